The molecule has 1 saturated heterocycles. The van der Waals surface area contributed by atoms with Gasteiger partial charge in [0.2, 0.25) is 5.88 Å². The first kappa shape index (κ1) is 18.5. The molecule has 1 amide bonds. The van der Waals surface area contributed by atoms with Crippen LogP contribution < -0.4 is 4.74 Å². The van der Waals surface area contributed by atoms with Gasteiger partial charge < -0.3 is 14.5 Å². The number of carbonyl (C=O) groups is 1. The lowest BCUT2D eigenvalue weighted by molar-refractivity contribution is -0.154. The Morgan fingerprint density at radius 1 is 1.42 bits per heavy atom. The van der Waals surface area contributed by atoms with Crippen molar-refractivity contribution in [3.05, 3.63) is 23.9 Å². The molecule has 0 spiro atoms. The summed E-state index contributed by atoms with van der Waals surface area (Å²) >= 11 is 0. The van der Waals surface area contributed by atoms with Crippen molar-refractivity contribution in [3.8, 4) is 5.88 Å². The first-order valence-corrected chi connectivity index (χ1v) is 7.87. The van der Waals surface area contributed by atoms with Gasteiger partial charge in [-0.1, -0.05) is 0 Å². The fourth-order valence-corrected chi connectivity index (χ4v) is 2.82. The molecule has 1 aromatic rings. The molecule has 8 heteroatoms. The number of ether oxygens (including phenoxy) is 1. The summed E-state index contributed by atoms with van der Waals surface area (Å²) in [5.41, 5.74) is 0.299. The summed E-state index contributed by atoms with van der Waals surface area (Å²) in [6.45, 7) is -0.0166. The highest BCUT2D eigenvalue weighted by molar-refractivity contribution is 5.94. The molecule has 1 aliphatic heterocycles. The van der Waals surface area contributed by atoms with Gasteiger partial charge in [-0.25, -0.2) is 4.98 Å². The molecule has 0 aliphatic carbocycles. The maximum Gasteiger partial charge on any atom is 0.422 e. The van der Waals surface area contributed by atoms with Crippen LogP contribution in [0.25, 0.3) is 0 Å². The van der Waals surface area contributed by atoms with Gasteiger partial charge >= 0.3 is 6.18 Å². The molecule has 2 rings (SSSR count). The van der Waals surface area contributed by atoms with Crippen molar-refractivity contribution in [3.63, 3.8) is 0 Å². The Balaban J connectivity index is 2.10. The van der Waals surface area contributed by atoms with Crippen molar-refractivity contribution in [1.82, 2.24) is 14.8 Å². The predicted molar refractivity (Wildman–Crippen MR) is 83.0 cm³/mol. The van der Waals surface area contributed by atoms with Gasteiger partial charge in [-0.05, 0) is 39.4 Å². The Morgan fingerprint density at radius 2 is 2.17 bits per heavy atom. The van der Waals surface area contributed by atoms with Gasteiger partial charge in [-0.15, -0.1) is 0 Å². The van der Waals surface area contributed by atoms with Crippen molar-refractivity contribution in [2.75, 3.05) is 33.8 Å². The van der Waals surface area contributed by atoms with Crippen LogP contribution in [0.15, 0.2) is 18.3 Å². The minimum Gasteiger partial charge on any atom is -0.468 e. The molecule has 0 aromatic carbocycles. The average Bonchev–Trinajstić information content (AvgIpc) is 2.52. The van der Waals surface area contributed by atoms with Crippen LogP contribution in [-0.4, -0.2) is 66.7 Å². The van der Waals surface area contributed by atoms with Crippen LogP contribution in [0.5, 0.6) is 5.88 Å². The highest BCUT2D eigenvalue weighted by Crippen LogP contribution is 2.22. The van der Waals surface area contributed by atoms with E-state index in [1.807, 2.05) is 19.0 Å². The van der Waals surface area contributed by atoms with Crippen molar-refractivity contribution in [2.24, 2.45) is 0 Å². The summed E-state index contributed by atoms with van der Waals surface area (Å²) < 4.78 is 41.3. The van der Waals surface area contributed by atoms with Gasteiger partial charge in [-0.3, -0.25) is 4.79 Å². The third-order valence-electron chi connectivity index (χ3n) is 3.83. The monoisotopic (exact) mass is 345 g/mol. The summed E-state index contributed by atoms with van der Waals surface area (Å²) in [7, 11) is 3.90. The highest BCUT2D eigenvalue weighted by atomic mass is 19.4. The highest BCUT2D eigenvalue weighted by Gasteiger charge is 2.30. The number of hydrogen-bond donors (Lipinski definition) is 0. The smallest absolute Gasteiger partial charge is 0.422 e. The maximum atomic E-state index is 12.7. The quantitative estimate of drug-likeness (QED) is 0.823. The largest absolute Gasteiger partial charge is 0.468 e. The van der Waals surface area contributed by atoms with E-state index in [0.717, 1.165) is 25.8 Å². The number of halogens is 3. The van der Waals surface area contributed by atoms with Crippen LogP contribution in [-0.2, 0) is 0 Å². The van der Waals surface area contributed by atoms with Crippen LogP contribution >= 0.6 is 0 Å². The van der Waals surface area contributed by atoms with Crippen LogP contribution in [0.4, 0.5) is 13.2 Å². The van der Waals surface area contributed by atoms with Crippen molar-refractivity contribution in [2.45, 2.75) is 31.5 Å². The summed E-state index contributed by atoms with van der Waals surface area (Å²) in [6.07, 6.45) is -0.224. The Hall–Kier alpha value is -1.83. The Bertz CT molecular complexity index is 564. The maximum absolute atomic E-state index is 12.7. The lowest BCUT2D eigenvalue weighted by Crippen LogP contribution is -2.48. The van der Waals surface area contributed by atoms with Crippen molar-refractivity contribution < 1.29 is 22.7 Å². The predicted octanol–water partition coefficient (Wildman–Crippen LogP) is 2.58. The van der Waals surface area contributed by atoms with Crippen molar-refractivity contribution in [1.29, 1.82) is 0 Å². The van der Waals surface area contributed by atoms with Gasteiger partial charge in [0.1, 0.15) is 0 Å². The Morgan fingerprint density at radius 3 is 2.83 bits per heavy atom. The molecule has 24 heavy (non-hydrogen) atoms. The van der Waals surface area contributed by atoms with E-state index in [4.69, 9.17) is 0 Å². The normalized spacial score (nSPS) is 18.8. The number of piperidine rings is 1. The molecule has 0 radical (unpaired) electrons. The number of alkyl halides is 3. The first-order chi connectivity index (χ1) is 11.3. The molecule has 1 aliphatic rings. The number of aromatic nitrogens is 1. The van der Waals surface area contributed by atoms with E-state index in [-0.39, 0.29) is 17.8 Å². The van der Waals surface area contributed by atoms with Crippen molar-refractivity contribution >= 4 is 5.91 Å². The minimum absolute atomic E-state index is 0.106. The SMILES string of the molecule is CN(C)C[C@H]1CCCCN1C(=O)c1ccnc(OCC(F)(F)F)c1. The zero-order chi connectivity index (χ0) is 17.7. The number of likely N-dealkylation sites (N-methyl/N-ethyl adjacent to an activating group) is 1. The molecule has 1 aromatic heterocycles. The lowest BCUT2D eigenvalue weighted by atomic mass is 10.0. The van der Waals surface area contributed by atoms with E-state index >= 15 is 0 Å². The Labute approximate surface area is 139 Å². The van der Waals surface area contributed by atoms with E-state index in [1.54, 1.807) is 4.90 Å². The van der Waals surface area contributed by atoms with Crippen LogP contribution in [0.2, 0.25) is 0 Å². The van der Waals surface area contributed by atoms with E-state index in [9.17, 15) is 18.0 Å². The second-order valence-corrected chi connectivity index (χ2v) is 6.20. The van der Waals surface area contributed by atoms with Crippen LogP contribution in [0.3, 0.4) is 0 Å². The van der Waals surface area contributed by atoms with Gasteiger partial charge in [0, 0.05) is 37.0 Å². The summed E-state index contributed by atoms with van der Waals surface area (Å²) in [4.78, 5) is 20.3. The molecule has 0 unspecified atom stereocenters. The minimum atomic E-state index is -4.44. The molecule has 1 fully saturated rings. The van der Waals surface area contributed by atoms with Gasteiger partial charge in [0.15, 0.2) is 6.61 Å². The molecule has 134 valence electrons. The summed E-state index contributed by atoms with van der Waals surface area (Å²) in [5, 5.41) is 0. The number of carbonyl (C=O) groups excluding carboxylic acids is 1. The fraction of sp³-hybridized carbons (Fsp3) is 0.625. The molecule has 0 bridgehead atoms. The molecule has 2 heterocycles. The molecule has 5 nitrogen and oxygen atoms in total. The number of nitrogens with zero attached hydrogens (tertiary/aromatic N) is 3. The van der Waals surface area contributed by atoms with Crippen LogP contribution in [0, 0.1) is 0 Å². The number of rotatable bonds is 5. The lowest BCUT2D eigenvalue weighted by Gasteiger charge is -2.37. The van der Waals surface area contributed by atoms with Gasteiger partial charge in [0.05, 0.1) is 0 Å². The molecular weight excluding hydrogens is 323 g/mol. The van der Waals surface area contributed by atoms with E-state index in [1.165, 1.54) is 18.3 Å². The van der Waals surface area contributed by atoms with Crippen LogP contribution in [0.1, 0.15) is 29.6 Å². The van der Waals surface area contributed by atoms with E-state index in [0.29, 0.717) is 12.1 Å². The number of likely N-dealkylation sites (tertiary alicyclic amines) is 1. The third kappa shape index (κ3) is 5.36. The second-order valence-electron chi connectivity index (χ2n) is 6.20. The Kier molecular flexibility index (Phi) is 6.04. The van der Waals surface area contributed by atoms with Gasteiger partial charge in [0.25, 0.3) is 5.91 Å². The van der Waals surface area contributed by atoms with E-state index < -0.39 is 12.8 Å². The standard InChI is InChI=1S/C16H22F3N3O2/c1-21(2)10-13-5-3-4-8-22(13)15(23)12-6-7-20-14(9-12)24-11-16(17,18)19/h6-7,9,13H,3-5,8,10-11H2,1-2H3/t13-/m1/s1. The third-order valence-corrected chi connectivity index (χ3v) is 3.83. The van der Waals surface area contributed by atoms with Gasteiger partial charge in [-0.2, -0.15) is 13.2 Å². The molecule has 0 saturated carbocycles. The average molecular weight is 345 g/mol. The molecular formula is C16H22F3N3O2. The number of hydrogen-bond acceptors (Lipinski definition) is 4. The zero-order valence-electron chi connectivity index (χ0n) is 13.8. The summed E-state index contributed by atoms with van der Waals surface area (Å²) in [5.74, 6) is -0.389. The first-order valence-electron chi connectivity index (χ1n) is 7.87. The van der Waals surface area contributed by atoms with E-state index in [2.05, 4.69) is 9.72 Å². The molecule has 0 N–H and O–H groups in total. The summed E-state index contributed by atoms with van der Waals surface area (Å²) in [6, 6.07) is 2.88. The topological polar surface area (TPSA) is 45.7 Å². The zero-order valence-corrected chi connectivity index (χ0v) is 13.8. The second kappa shape index (κ2) is 7.83. The number of amides is 1. The number of pyridine rings is 1. The fourth-order valence-electron chi connectivity index (χ4n) is 2.82. The molecule has 1 atom stereocenters.